The van der Waals surface area contributed by atoms with E-state index in [1.165, 1.54) is 42.1 Å². The standard InChI is InChI=1S/C30H30F3N5O4/c1-42-26-15-14-19(16-25(26)39)28(29(41)34-21-9-3-2-4-10-21)38(22-11-7-8-20(17-22)30(31,32)33)27(40)18-37-24-13-6-5-12-23(24)35-36-37/h5-8,11-17,21,28,39H,2-4,9-10,18H2,1H3,(H,34,41). The van der Waals surface area contributed by atoms with Gasteiger partial charge in [0.15, 0.2) is 11.5 Å². The van der Waals surface area contributed by atoms with Crippen molar-refractivity contribution in [3.8, 4) is 11.5 Å². The zero-order valence-corrected chi connectivity index (χ0v) is 22.8. The molecule has 1 unspecified atom stereocenters. The van der Waals surface area contributed by atoms with E-state index < -0.39 is 36.1 Å². The van der Waals surface area contributed by atoms with E-state index in [0.717, 1.165) is 49.1 Å². The maximum absolute atomic E-state index is 14.1. The highest BCUT2D eigenvalue weighted by Crippen LogP contribution is 2.37. The molecule has 4 aromatic rings. The van der Waals surface area contributed by atoms with Crippen LogP contribution in [-0.4, -0.2) is 45.1 Å². The van der Waals surface area contributed by atoms with Gasteiger partial charge >= 0.3 is 6.18 Å². The fraction of sp³-hybridized carbons (Fsp3) is 0.333. The van der Waals surface area contributed by atoms with E-state index in [4.69, 9.17) is 4.74 Å². The van der Waals surface area contributed by atoms with E-state index >= 15 is 0 Å². The van der Waals surface area contributed by atoms with Gasteiger partial charge in [0, 0.05) is 11.7 Å². The number of fused-ring (bicyclic) bond motifs is 1. The normalized spacial score (nSPS) is 14.9. The average molecular weight is 582 g/mol. The summed E-state index contributed by atoms with van der Waals surface area (Å²) in [6.07, 6.45) is -0.305. The number of hydrogen-bond donors (Lipinski definition) is 2. The molecule has 0 bridgehead atoms. The molecule has 0 radical (unpaired) electrons. The Kier molecular flexibility index (Phi) is 8.32. The molecule has 1 saturated carbocycles. The predicted octanol–water partition coefficient (Wildman–Crippen LogP) is 5.39. The van der Waals surface area contributed by atoms with Crippen LogP contribution < -0.4 is 15.0 Å². The molecule has 0 spiro atoms. The van der Waals surface area contributed by atoms with E-state index in [0.29, 0.717) is 11.0 Å². The van der Waals surface area contributed by atoms with Gasteiger partial charge < -0.3 is 15.2 Å². The Morgan fingerprint density at radius 1 is 1.07 bits per heavy atom. The summed E-state index contributed by atoms with van der Waals surface area (Å²) < 4.78 is 47.8. The zero-order valence-electron chi connectivity index (χ0n) is 22.8. The summed E-state index contributed by atoms with van der Waals surface area (Å²) in [5.74, 6) is -1.44. The molecule has 1 atom stereocenters. The molecular weight excluding hydrogens is 551 g/mol. The molecule has 1 heterocycles. The van der Waals surface area contributed by atoms with Crippen LogP contribution in [0.15, 0.2) is 66.7 Å². The van der Waals surface area contributed by atoms with Gasteiger partial charge in [0.2, 0.25) is 11.8 Å². The smallest absolute Gasteiger partial charge is 0.416 e. The van der Waals surface area contributed by atoms with Gasteiger partial charge in [0.05, 0.1) is 18.2 Å². The number of anilines is 1. The minimum Gasteiger partial charge on any atom is -0.504 e. The molecule has 12 heteroatoms. The number of amides is 2. The van der Waals surface area contributed by atoms with Crippen molar-refractivity contribution in [2.24, 2.45) is 0 Å². The Morgan fingerprint density at radius 2 is 1.83 bits per heavy atom. The average Bonchev–Trinajstić information content (AvgIpc) is 3.38. The Hall–Kier alpha value is -4.61. The van der Waals surface area contributed by atoms with Crippen molar-refractivity contribution >= 4 is 28.5 Å². The summed E-state index contributed by atoms with van der Waals surface area (Å²) >= 11 is 0. The second-order valence-corrected chi connectivity index (χ2v) is 10.2. The minimum atomic E-state index is -4.69. The number of carbonyl (C=O) groups is 2. The highest BCUT2D eigenvalue weighted by Gasteiger charge is 2.37. The number of alkyl halides is 3. The number of nitrogens with zero attached hydrogens (tertiary/aromatic N) is 4. The van der Waals surface area contributed by atoms with Crippen molar-refractivity contribution in [1.82, 2.24) is 20.3 Å². The minimum absolute atomic E-state index is 0.135. The van der Waals surface area contributed by atoms with Crippen LogP contribution in [0.3, 0.4) is 0 Å². The van der Waals surface area contributed by atoms with Gasteiger partial charge in [-0.3, -0.25) is 14.5 Å². The summed E-state index contributed by atoms with van der Waals surface area (Å²) in [7, 11) is 1.36. The van der Waals surface area contributed by atoms with E-state index in [9.17, 15) is 27.9 Å². The van der Waals surface area contributed by atoms with Crippen LogP contribution in [0.2, 0.25) is 0 Å². The van der Waals surface area contributed by atoms with Crippen molar-refractivity contribution in [2.45, 2.75) is 56.9 Å². The van der Waals surface area contributed by atoms with E-state index in [1.54, 1.807) is 24.3 Å². The topological polar surface area (TPSA) is 110 Å². The first-order chi connectivity index (χ1) is 20.2. The fourth-order valence-electron chi connectivity index (χ4n) is 5.33. The first-order valence-electron chi connectivity index (χ1n) is 13.6. The summed E-state index contributed by atoms with van der Waals surface area (Å²) in [6.45, 7) is -0.411. The Balaban J connectivity index is 1.63. The highest BCUT2D eigenvalue weighted by atomic mass is 19.4. The molecule has 2 amide bonds. The number of halogens is 3. The van der Waals surface area contributed by atoms with E-state index in [1.807, 2.05) is 0 Å². The molecule has 1 aliphatic carbocycles. The Bertz CT molecular complexity index is 1580. The molecule has 0 saturated heterocycles. The largest absolute Gasteiger partial charge is 0.504 e. The molecule has 3 aromatic carbocycles. The number of hydrogen-bond acceptors (Lipinski definition) is 6. The first-order valence-corrected chi connectivity index (χ1v) is 13.6. The third kappa shape index (κ3) is 6.17. The molecule has 2 N–H and O–H groups in total. The highest BCUT2D eigenvalue weighted by molar-refractivity contribution is 6.01. The van der Waals surface area contributed by atoms with Crippen molar-refractivity contribution in [3.05, 3.63) is 77.9 Å². The molecule has 1 aromatic heterocycles. The van der Waals surface area contributed by atoms with Gasteiger partial charge in [0.25, 0.3) is 0 Å². The van der Waals surface area contributed by atoms with Crippen molar-refractivity contribution < 1.29 is 32.6 Å². The number of rotatable bonds is 8. The van der Waals surface area contributed by atoms with Gasteiger partial charge in [-0.1, -0.05) is 48.7 Å². The SMILES string of the molecule is COc1ccc(C(C(=O)NC2CCCCC2)N(C(=O)Cn2nnc3ccccc32)c2cccc(C(F)(F)F)c2)cc1O. The lowest BCUT2D eigenvalue weighted by molar-refractivity contribution is -0.137. The number of aromatic hydroxyl groups is 1. The molecule has 42 heavy (non-hydrogen) atoms. The van der Waals surface area contributed by atoms with Gasteiger partial charge in [0.1, 0.15) is 18.1 Å². The summed E-state index contributed by atoms with van der Waals surface area (Å²) in [4.78, 5) is 29.2. The van der Waals surface area contributed by atoms with Gasteiger partial charge in [-0.05, 0) is 60.9 Å². The number of benzene rings is 3. The number of nitrogens with one attached hydrogen (secondary N) is 1. The lowest BCUT2D eigenvalue weighted by Gasteiger charge is -2.34. The Labute approximate surface area is 239 Å². The number of phenolic OH excluding ortho intramolecular Hbond substituents is 1. The summed E-state index contributed by atoms with van der Waals surface area (Å²) in [5.41, 5.74) is 0.143. The van der Waals surface area contributed by atoms with E-state index in [2.05, 4.69) is 15.6 Å². The Morgan fingerprint density at radius 3 is 2.55 bits per heavy atom. The van der Waals surface area contributed by atoms with Crippen LogP contribution in [0, 0.1) is 0 Å². The van der Waals surface area contributed by atoms with Crippen LogP contribution in [0.1, 0.15) is 49.3 Å². The molecule has 1 aliphatic rings. The van der Waals surface area contributed by atoms with Gasteiger partial charge in [-0.15, -0.1) is 5.10 Å². The molecule has 220 valence electrons. The number of ether oxygens (including phenoxy) is 1. The third-order valence-electron chi connectivity index (χ3n) is 7.40. The maximum Gasteiger partial charge on any atom is 0.416 e. The van der Waals surface area contributed by atoms with Gasteiger partial charge in [-0.25, -0.2) is 4.68 Å². The second-order valence-electron chi connectivity index (χ2n) is 10.2. The lowest BCUT2D eigenvalue weighted by Crippen LogP contribution is -2.48. The third-order valence-corrected chi connectivity index (χ3v) is 7.40. The maximum atomic E-state index is 14.1. The molecule has 5 rings (SSSR count). The quantitative estimate of drug-likeness (QED) is 0.289. The molecular formula is C30H30F3N5O4. The summed E-state index contributed by atoms with van der Waals surface area (Å²) in [5, 5.41) is 21.7. The van der Waals surface area contributed by atoms with Gasteiger partial charge in [-0.2, -0.15) is 13.2 Å². The van der Waals surface area contributed by atoms with Crippen LogP contribution >= 0.6 is 0 Å². The number of methoxy groups -OCH3 is 1. The van der Waals surface area contributed by atoms with Crippen molar-refractivity contribution in [2.75, 3.05) is 12.0 Å². The second kappa shape index (κ2) is 12.1. The predicted molar refractivity (Wildman–Crippen MR) is 149 cm³/mol. The molecule has 1 fully saturated rings. The fourth-order valence-corrected chi connectivity index (χ4v) is 5.33. The first kappa shape index (κ1) is 28.9. The number of carbonyl (C=O) groups excluding carboxylic acids is 2. The summed E-state index contributed by atoms with van der Waals surface area (Å²) in [6, 6.07) is 13.8. The van der Waals surface area contributed by atoms with Crippen LogP contribution in [0.25, 0.3) is 11.0 Å². The molecule has 0 aliphatic heterocycles. The van der Waals surface area contributed by atoms with Crippen LogP contribution in [0.4, 0.5) is 18.9 Å². The molecule has 9 nitrogen and oxygen atoms in total. The lowest BCUT2D eigenvalue weighted by atomic mass is 9.94. The number of phenols is 1. The van der Waals surface area contributed by atoms with Crippen molar-refractivity contribution in [3.63, 3.8) is 0 Å². The monoisotopic (exact) mass is 581 g/mol. The number of para-hydroxylation sites is 1. The van der Waals surface area contributed by atoms with E-state index in [-0.39, 0.29) is 28.8 Å². The van der Waals surface area contributed by atoms with Crippen LogP contribution in [-0.2, 0) is 22.3 Å². The van der Waals surface area contributed by atoms with Crippen molar-refractivity contribution in [1.29, 1.82) is 0 Å². The zero-order chi connectivity index (χ0) is 29.9. The van der Waals surface area contributed by atoms with Crippen LogP contribution in [0.5, 0.6) is 11.5 Å². The number of aromatic nitrogens is 3.